The van der Waals surface area contributed by atoms with Crippen LogP contribution in [0.3, 0.4) is 0 Å². The van der Waals surface area contributed by atoms with Gasteiger partial charge in [-0.2, -0.15) is 0 Å². The molecular formula is C13H12BrN. The van der Waals surface area contributed by atoms with Gasteiger partial charge in [0.15, 0.2) is 0 Å². The van der Waals surface area contributed by atoms with E-state index in [2.05, 4.69) is 58.2 Å². The minimum atomic E-state index is 0.799. The molecule has 1 aromatic heterocycles. The Morgan fingerprint density at radius 2 is 1.93 bits per heavy atom. The van der Waals surface area contributed by atoms with Gasteiger partial charge in [0.1, 0.15) is 0 Å². The van der Waals surface area contributed by atoms with Crippen LogP contribution < -0.4 is 0 Å². The molecule has 0 bridgehead atoms. The fraction of sp³-hybridized carbons (Fsp3) is 0.154. The highest BCUT2D eigenvalue weighted by atomic mass is 79.9. The summed E-state index contributed by atoms with van der Waals surface area (Å²) in [5.41, 5.74) is 4.80. The molecule has 0 saturated heterocycles. The molecule has 15 heavy (non-hydrogen) atoms. The van der Waals surface area contributed by atoms with Crippen molar-refractivity contribution < 1.29 is 0 Å². The third-order valence-corrected chi connectivity index (χ3v) is 2.96. The lowest BCUT2D eigenvalue weighted by Crippen LogP contribution is -1.90. The summed E-state index contributed by atoms with van der Waals surface area (Å²) >= 11 is 3.43. The number of hydrogen-bond acceptors (Lipinski definition) is 1. The molecule has 2 heteroatoms. The van der Waals surface area contributed by atoms with Gasteiger partial charge in [0.25, 0.3) is 0 Å². The monoisotopic (exact) mass is 261 g/mol. The summed E-state index contributed by atoms with van der Waals surface area (Å²) in [6.45, 7) is 2.09. The number of benzene rings is 1. The summed E-state index contributed by atoms with van der Waals surface area (Å²) in [4.78, 5) is 4.34. The van der Waals surface area contributed by atoms with Crippen LogP contribution in [0.5, 0.6) is 0 Å². The lowest BCUT2D eigenvalue weighted by Gasteiger charge is -2.06. The third kappa shape index (κ3) is 2.26. The smallest absolute Gasteiger partial charge is 0.0515 e. The first-order chi connectivity index (χ1) is 7.31. The Morgan fingerprint density at radius 3 is 2.60 bits per heavy atom. The molecule has 0 aliphatic heterocycles. The molecule has 1 heterocycles. The van der Waals surface area contributed by atoms with Crippen LogP contribution in [0.1, 0.15) is 11.3 Å². The molecule has 0 saturated carbocycles. The lowest BCUT2D eigenvalue weighted by atomic mass is 10.0. The van der Waals surface area contributed by atoms with Crippen molar-refractivity contribution in [3.63, 3.8) is 0 Å². The fourth-order valence-electron chi connectivity index (χ4n) is 1.57. The van der Waals surface area contributed by atoms with Crippen LogP contribution >= 0.6 is 15.9 Å². The van der Waals surface area contributed by atoms with E-state index in [-0.39, 0.29) is 0 Å². The largest absolute Gasteiger partial charge is 0.260 e. The topological polar surface area (TPSA) is 12.9 Å². The molecule has 2 aromatic rings. The number of halogens is 1. The molecule has 0 spiro atoms. The minimum Gasteiger partial charge on any atom is -0.260 e. The van der Waals surface area contributed by atoms with Crippen molar-refractivity contribution in [2.24, 2.45) is 0 Å². The van der Waals surface area contributed by atoms with E-state index in [9.17, 15) is 0 Å². The van der Waals surface area contributed by atoms with Gasteiger partial charge in [-0.1, -0.05) is 46.3 Å². The summed E-state index contributed by atoms with van der Waals surface area (Å²) in [7, 11) is 0. The van der Waals surface area contributed by atoms with Gasteiger partial charge in [-0.3, -0.25) is 4.98 Å². The van der Waals surface area contributed by atoms with Crippen molar-refractivity contribution in [2.45, 2.75) is 12.3 Å². The number of rotatable bonds is 2. The van der Waals surface area contributed by atoms with Gasteiger partial charge < -0.3 is 0 Å². The van der Waals surface area contributed by atoms with Gasteiger partial charge in [0, 0.05) is 11.5 Å². The number of pyridine rings is 1. The van der Waals surface area contributed by atoms with Gasteiger partial charge in [0.05, 0.1) is 5.69 Å². The second-order valence-corrected chi connectivity index (χ2v) is 4.05. The summed E-state index contributed by atoms with van der Waals surface area (Å²) in [5.74, 6) is 0. The van der Waals surface area contributed by atoms with Crippen molar-refractivity contribution >= 4 is 15.9 Å². The molecule has 0 amide bonds. The second kappa shape index (κ2) is 4.58. The maximum Gasteiger partial charge on any atom is 0.0515 e. The normalized spacial score (nSPS) is 10.3. The average Bonchev–Trinajstić information content (AvgIpc) is 2.31. The first kappa shape index (κ1) is 10.4. The average molecular weight is 262 g/mol. The third-order valence-electron chi connectivity index (χ3n) is 2.38. The van der Waals surface area contributed by atoms with E-state index in [1.807, 2.05) is 12.3 Å². The molecule has 0 fully saturated rings. The van der Waals surface area contributed by atoms with E-state index in [0.29, 0.717) is 0 Å². The molecule has 0 N–H and O–H groups in total. The number of alkyl halides is 1. The molecule has 0 aliphatic carbocycles. The van der Waals surface area contributed by atoms with Crippen LogP contribution in [-0.2, 0) is 5.33 Å². The predicted molar refractivity (Wildman–Crippen MR) is 67.0 cm³/mol. The summed E-state index contributed by atoms with van der Waals surface area (Å²) < 4.78 is 0. The quantitative estimate of drug-likeness (QED) is 0.747. The first-order valence-corrected chi connectivity index (χ1v) is 6.00. The molecule has 0 atom stereocenters. The zero-order valence-corrected chi connectivity index (χ0v) is 10.2. The Bertz CT molecular complexity index is 451. The van der Waals surface area contributed by atoms with Gasteiger partial charge in [-0.05, 0) is 29.7 Å². The molecule has 0 unspecified atom stereocenters. The van der Waals surface area contributed by atoms with Crippen molar-refractivity contribution in [3.05, 3.63) is 53.9 Å². The van der Waals surface area contributed by atoms with E-state index in [1.165, 1.54) is 16.7 Å². The van der Waals surface area contributed by atoms with E-state index >= 15 is 0 Å². The Labute approximate surface area is 98.3 Å². The zero-order valence-electron chi connectivity index (χ0n) is 8.57. The second-order valence-electron chi connectivity index (χ2n) is 3.49. The SMILES string of the molecule is Cc1cnc(CBr)cc1-c1ccccc1. The highest BCUT2D eigenvalue weighted by Crippen LogP contribution is 2.23. The first-order valence-electron chi connectivity index (χ1n) is 4.88. The van der Waals surface area contributed by atoms with Crippen LogP contribution in [0.4, 0.5) is 0 Å². The molecular weight excluding hydrogens is 250 g/mol. The molecule has 76 valence electrons. The summed E-state index contributed by atoms with van der Waals surface area (Å²) in [5, 5.41) is 0.799. The van der Waals surface area contributed by atoms with Crippen molar-refractivity contribution in [3.8, 4) is 11.1 Å². The highest BCUT2D eigenvalue weighted by molar-refractivity contribution is 9.08. The fourth-order valence-corrected chi connectivity index (χ4v) is 1.88. The Balaban J connectivity index is 2.52. The number of hydrogen-bond donors (Lipinski definition) is 0. The van der Waals surface area contributed by atoms with E-state index in [0.717, 1.165) is 11.0 Å². The zero-order chi connectivity index (χ0) is 10.7. The Kier molecular flexibility index (Phi) is 3.17. The number of aromatic nitrogens is 1. The standard InChI is InChI=1S/C13H12BrN/c1-10-9-15-12(8-14)7-13(10)11-5-3-2-4-6-11/h2-7,9H,8H2,1H3. The van der Waals surface area contributed by atoms with Crippen molar-refractivity contribution in [1.82, 2.24) is 4.98 Å². The molecule has 2 rings (SSSR count). The van der Waals surface area contributed by atoms with E-state index in [4.69, 9.17) is 0 Å². The molecule has 0 radical (unpaired) electrons. The van der Waals surface area contributed by atoms with Crippen LogP contribution in [0.15, 0.2) is 42.6 Å². The lowest BCUT2D eigenvalue weighted by molar-refractivity contribution is 1.16. The van der Waals surface area contributed by atoms with E-state index in [1.54, 1.807) is 0 Å². The van der Waals surface area contributed by atoms with Gasteiger partial charge in [-0.25, -0.2) is 0 Å². The van der Waals surface area contributed by atoms with Gasteiger partial charge >= 0.3 is 0 Å². The van der Waals surface area contributed by atoms with Gasteiger partial charge in [-0.15, -0.1) is 0 Å². The summed E-state index contributed by atoms with van der Waals surface area (Å²) in [6, 6.07) is 12.5. The van der Waals surface area contributed by atoms with Crippen molar-refractivity contribution in [2.75, 3.05) is 0 Å². The number of nitrogens with zero attached hydrogens (tertiary/aromatic N) is 1. The number of aryl methyl sites for hydroxylation is 1. The summed E-state index contributed by atoms with van der Waals surface area (Å²) in [6.07, 6.45) is 1.93. The highest BCUT2D eigenvalue weighted by Gasteiger charge is 2.02. The molecule has 0 aliphatic rings. The predicted octanol–water partition coefficient (Wildman–Crippen LogP) is 3.95. The van der Waals surface area contributed by atoms with E-state index < -0.39 is 0 Å². The van der Waals surface area contributed by atoms with Crippen LogP contribution in [-0.4, -0.2) is 4.98 Å². The maximum atomic E-state index is 4.34. The van der Waals surface area contributed by atoms with Crippen LogP contribution in [0.25, 0.3) is 11.1 Å². The van der Waals surface area contributed by atoms with Crippen LogP contribution in [0.2, 0.25) is 0 Å². The minimum absolute atomic E-state index is 0.799. The Morgan fingerprint density at radius 1 is 1.20 bits per heavy atom. The van der Waals surface area contributed by atoms with Crippen molar-refractivity contribution in [1.29, 1.82) is 0 Å². The van der Waals surface area contributed by atoms with Crippen LogP contribution in [0, 0.1) is 6.92 Å². The maximum absolute atomic E-state index is 4.34. The molecule has 1 aromatic carbocycles. The molecule has 1 nitrogen and oxygen atoms in total. The Hall–Kier alpha value is -1.15. The van der Waals surface area contributed by atoms with Gasteiger partial charge in [0.2, 0.25) is 0 Å².